The second-order valence-electron chi connectivity index (χ2n) is 6.81. The number of aryl methyl sites for hydroxylation is 1. The second-order valence-corrected chi connectivity index (χ2v) is 7.87. The Balaban J connectivity index is 2.05. The van der Waals surface area contributed by atoms with Crippen LogP contribution < -0.4 is 9.64 Å². The fourth-order valence-corrected chi connectivity index (χ4v) is 3.31. The van der Waals surface area contributed by atoms with Gasteiger partial charge in [-0.2, -0.15) is 0 Å². The number of fused-ring (bicyclic) bond motifs is 1. The number of hydrogen-bond acceptors (Lipinski definition) is 5. The van der Waals surface area contributed by atoms with E-state index in [0.29, 0.717) is 11.4 Å². The summed E-state index contributed by atoms with van der Waals surface area (Å²) in [5, 5.41) is 12.3. The van der Waals surface area contributed by atoms with Crippen molar-refractivity contribution in [2.75, 3.05) is 11.4 Å². The number of anilines is 1. The number of benzene rings is 1. The fraction of sp³-hybridized carbons (Fsp3) is 0.389. The minimum Gasteiger partial charge on any atom is -0.481 e. The molecule has 1 aromatic heterocycles. The third-order valence-electron chi connectivity index (χ3n) is 4.21. The van der Waals surface area contributed by atoms with E-state index >= 15 is 0 Å². The maximum Gasteiger partial charge on any atom is 0.310 e. The number of nitrogens with zero attached hydrogens (tertiary/aromatic N) is 2. The molecule has 1 aromatic carbocycles. The number of ether oxygens (including phenoxy) is 1. The van der Waals surface area contributed by atoms with Gasteiger partial charge in [-0.3, -0.25) is 9.59 Å². The van der Waals surface area contributed by atoms with Crippen LogP contribution >= 0.6 is 11.3 Å². The van der Waals surface area contributed by atoms with Gasteiger partial charge in [-0.05, 0) is 45.9 Å². The first-order chi connectivity index (χ1) is 11.7. The molecular weight excluding hydrogens is 340 g/mol. The van der Waals surface area contributed by atoms with Gasteiger partial charge in [0, 0.05) is 17.5 Å². The Bertz CT molecular complexity index is 843. The van der Waals surface area contributed by atoms with Crippen molar-refractivity contribution < 1.29 is 19.4 Å². The van der Waals surface area contributed by atoms with Crippen molar-refractivity contribution in [3.63, 3.8) is 0 Å². The summed E-state index contributed by atoms with van der Waals surface area (Å²) in [5.41, 5.74) is 1.21. The number of aliphatic carboxylic acids is 1. The van der Waals surface area contributed by atoms with E-state index in [2.05, 4.69) is 4.98 Å². The van der Waals surface area contributed by atoms with Crippen molar-refractivity contribution in [1.82, 2.24) is 4.98 Å². The first-order valence-corrected chi connectivity index (χ1v) is 8.85. The molecule has 2 aromatic rings. The van der Waals surface area contributed by atoms with Crippen molar-refractivity contribution in [2.45, 2.75) is 33.8 Å². The summed E-state index contributed by atoms with van der Waals surface area (Å²) in [7, 11) is 0. The maximum atomic E-state index is 12.6. The third-order valence-corrected chi connectivity index (χ3v) is 4.99. The molecule has 0 saturated carbocycles. The van der Waals surface area contributed by atoms with E-state index in [0.717, 1.165) is 16.3 Å². The van der Waals surface area contributed by atoms with Crippen LogP contribution in [0.1, 0.15) is 25.8 Å². The summed E-state index contributed by atoms with van der Waals surface area (Å²) < 4.78 is 5.69. The van der Waals surface area contributed by atoms with Crippen molar-refractivity contribution in [2.24, 2.45) is 5.41 Å². The SMILES string of the molecule is Cc1nc(-c2ccc3c(c2)N(CC(C)(C)C(=O)O)C(=O)C(C)O3)cs1. The predicted octanol–water partition coefficient (Wildman–Crippen LogP) is 3.34. The molecule has 1 N–H and O–H groups in total. The molecule has 0 radical (unpaired) electrons. The minimum absolute atomic E-state index is 0.0708. The molecule has 1 aliphatic heterocycles. The van der Waals surface area contributed by atoms with Gasteiger partial charge in [0.1, 0.15) is 5.75 Å². The van der Waals surface area contributed by atoms with Gasteiger partial charge in [-0.25, -0.2) is 4.98 Å². The summed E-state index contributed by atoms with van der Waals surface area (Å²) in [4.78, 5) is 30.1. The first-order valence-electron chi connectivity index (χ1n) is 7.97. The van der Waals surface area contributed by atoms with Crippen molar-refractivity contribution >= 4 is 28.9 Å². The molecule has 7 heteroatoms. The van der Waals surface area contributed by atoms with Gasteiger partial charge in [0.05, 0.1) is 21.8 Å². The Labute approximate surface area is 150 Å². The third kappa shape index (κ3) is 3.24. The van der Waals surface area contributed by atoms with Crippen LogP contribution in [0.15, 0.2) is 23.6 Å². The standard InChI is InChI=1S/C18H20N2O4S/c1-10-16(21)20(9-18(3,4)17(22)23)14-7-12(5-6-15(14)24-10)13-8-25-11(2)19-13/h5-8,10H,9H2,1-4H3,(H,22,23). The quantitative estimate of drug-likeness (QED) is 0.904. The number of carboxylic acid groups (broad SMARTS) is 1. The lowest BCUT2D eigenvalue weighted by atomic mass is 9.92. The van der Waals surface area contributed by atoms with E-state index in [-0.39, 0.29) is 12.5 Å². The molecule has 2 heterocycles. The van der Waals surface area contributed by atoms with Crippen molar-refractivity contribution in [1.29, 1.82) is 0 Å². The lowest BCUT2D eigenvalue weighted by Crippen LogP contribution is -2.49. The number of hydrogen-bond donors (Lipinski definition) is 1. The monoisotopic (exact) mass is 360 g/mol. The Kier molecular flexibility index (Phi) is 4.28. The molecule has 1 unspecified atom stereocenters. The van der Waals surface area contributed by atoms with Crippen LogP contribution in [0.25, 0.3) is 11.3 Å². The van der Waals surface area contributed by atoms with Gasteiger partial charge < -0.3 is 14.7 Å². The Morgan fingerprint density at radius 1 is 1.44 bits per heavy atom. The highest BCUT2D eigenvalue weighted by atomic mass is 32.1. The average molecular weight is 360 g/mol. The molecule has 0 spiro atoms. The summed E-state index contributed by atoms with van der Waals surface area (Å²) in [6, 6.07) is 5.55. The Hall–Kier alpha value is -2.41. The van der Waals surface area contributed by atoms with Crippen LogP contribution in [0.4, 0.5) is 5.69 Å². The smallest absolute Gasteiger partial charge is 0.310 e. The number of carbonyl (C=O) groups excluding carboxylic acids is 1. The van der Waals surface area contributed by atoms with E-state index in [1.165, 1.54) is 4.90 Å². The maximum absolute atomic E-state index is 12.6. The zero-order valence-corrected chi connectivity index (χ0v) is 15.4. The van der Waals surface area contributed by atoms with Crippen molar-refractivity contribution in [3.8, 4) is 17.0 Å². The Morgan fingerprint density at radius 3 is 2.76 bits per heavy atom. The zero-order chi connectivity index (χ0) is 18.4. The average Bonchev–Trinajstić information content (AvgIpc) is 2.98. The summed E-state index contributed by atoms with van der Waals surface area (Å²) in [6.45, 7) is 6.89. The highest BCUT2D eigenvalue weighted by molar-refractivity contribution is 7.09. The molecule has 1 aliphatic rings. The van der Waals surface area contributed by atoms with E-state index in [4.69, 9.17) is 4.74 Å². The van der Waals surface area contributed by atoms with E-state index in [1.807, 2.05) is 30.5 Å². The van der Waals surface area contributed by atoms with Crippen LogP contribution in [0.5, 0.6) is 5.75 Å². The molecule has 0 fully saturated rings. The lowest BCUT2D eigenvalue weighted by Gasteiger charge is -2.36. The van der Waals surface area contributed by atoms with Gasteiger partial charge in [0.25, 0.3) is 5.91 Å². The zero-order valence-electron chi connectivity index (χ0n) is 14.6. The van der Waals surface area contributed by atoms with E-state index < -0.39 is 17.5 Å². The number of carbonyl (C=O) groups is 2. The number of rotatable bonds is 4. The van der Waals surface area contributed by atoms with Crippen LogP contribution in [0.2, 0.25) is 0 Å². The number of thiazole rings is 1. The van der Waals surface area contributed by atoms with Crippen LogP contribution in [-0.4, -0.2) is 34.6 Å². The molecule has 0 aliphatic carbocycles. The fourth-order valence-electron chi connectivity index (χ4n) is 2.69. The van der Waals surface area contributed by atoms with Gasteiger partial charge in [-0.1, -0.05) is 0 Å². The summed E-state index contributed by atoms with van der Waals surface area (Å²) in [6.07, 6.45) is -0.649. The van der Waals surface area contributed by atoms with Crippen LogP contribution in [-0.2, 0) is 9.59 Å². The molecule has 0 saturated heterocycles. The summed E-state index contributed by atoms with van der Waals surface area (Å²) >= 11 is 1.55. The molecule has 1 atom stereocenters. The highest BCUT2D eigenvalue weighted by Crippen LogP contribution is 2.39. The van der Waals surface area contributed by atoms with Gasteiger partial charge in [0.2, 0.25) is 0 Å². The van der Waals surface area contributed by atoms with Gasteiger partial charge in [0.15, 0.2) is 6.10 Å². The van der Waals surface area contributed by atoms with Crippen molar-refractivity contribution in [3.05, 3.63) is 28.6 Å². The first kappa shape index (κ1) is 17.4. The predicted molar refractivity (Wildman–Crippen MR) is 96.1 cm³/mol. The molecule has 25 heavy (non-hydrogen) atoms. The Morgan fingerprint density at radius 2 is 2.16 bits per heavy atom. The summed E-state index contributed by atoms with van der Waals surface area (Å²) in [5.74, 6) is -0.621. The lowest BCUT2D eigenvalue weighted by molar-refractivity contribution is -0.146. The molecule has 1 amide bonds. The molecule has 0 bridgehead atoms. The largest absolute Gasteiger partial charge is 0.481 e. The number of aromatic nitrogens is 1. The molecule has 132 valence electrons. The normalized spacial score (nSPS) is 17.2. The van der Waals surface area contributed by atoms with E-state index in [1.54, 1.807) is 32.1 Å². The topological polar surface area (TPSA) is 79.7 Å². The second kappa shape index (κ2) is 6.15. The molecular formula is C18H20N2O4S. The molecule has 6 nitrogen and oxygen atoms in total. The van der Waals surface area contributed by atoms with Gasteiger partial charge >= 0.3 is 5.97 Å². The van der Waals surface area contributed by atoms with E-state index in [9.17, 15) is 14.7 Å². The number of amides is 1. The van der Waals surface area contributed by atoms with Gasteiger partial charge in [-0.15, -0.1) is 11.3 Å². The minimum atomic E-state index is -1.07. The molecule has 3 rings (SSSR count). The van der Waals surface area contributed by atoms with Crippen LogP contribution in [0, 0.1) is 12.3 Å². The highest BCUT2D eigenvalue weighted by Gasteiger charge is 2.38. The van der Waals surface area contributed by atoms with Crippen LogP contribution in [0.3, 0.4) is 0 Å². The number of carboxylic acids is 1.